The van der Waals surface area contributed by atoms with Gasteiger partial charge < -0.3 is 6.16 Å². The van der Waals surface area contributed by atoms with Crippen LogP contribution in [0.5, 0.6) is 0 Å². The van der Waals surface area contributed by atoms with Crippen LogP contribution < -0.4 is 51.4 Å². The summed E-state index contributed by atoms with van der Waals surface area (Å²) in [4.78, 5) is 10.3. The zero-order valence-corrected chi connectivity index (χ0v) is 9.56. The van der Waals surface area contributed by atoms with E-state index >= 15 is 0 Å². The molecule has 0 aliphatic heterocycles. The van der Waals surface area contributed by atoms with Crippen LogP contribution in [-0.4, -0.2) is 12.6 Å². The summed E-state index contributed by atoms with van der Waals surface area (Å²) < 4.78 is 4.70. The molecule has 0 spiro atoms. The van der Waals surface area contributed by atoms with Gasteiger partial charge in [0.2, 0.25) is 0 Å². The van der Waals surface area contributed by atoms with Crippen molar-refractivity contribution in [1.82, 2.24) is 0 Å². The van der Waals surface area contributed by atoms with Gasteiger partial charge in [-0.15, -0.1) is 0 Å². The first-order valence-corrected chi connectivity index (χ1v) is 2.96. The van der Waals surface area contributed by atoms with E-state index in [0.29, 0.717) is 13.0 Å². The zero-order valence-electron chi connectivity index (χ0n) is 7.44. The number of rotatable bonds is 3. The predicted molar refractivity (Wildman–Crippen MR) is 32.7 cm³/mol. The Morgan fingerprint density at radius 1 is 1.56 bits per heavy atom. The third-order valence-electron chi connectivity index (χ3n) is 0.756. The van der Waals surface area contributed by atoms with Gasteiger partial charge >= 0.3 is 57.4 Å². The van der Waals surface area contributed by atoms with Crippen molar-refractivity contribution in [2.75, 3.05) is 6.61 Å². The van der Waals surface area contributed by atoms with Crippen LogP contribution in [0.3, 0.4) is 0 Å². The molecular formula is C6H13KO2. The molecule has 2 nitrogen and oxygen atoms in total. The summed E-state index contributed by atoms with van der Waals surface area (Å²) in [6.07, 6.45) is 1.39. The van der Waals surface area contributed by atoms with Gasteiger partial charge in [-0.25, -0.2) is 0 Å². The monoisotopic (exact) mass is 156 g/mol. The van der Waals surface area contributed by atoms with Crippen LogP contribution >= 0.6 is 0 Å². The van der Waals surface area contributed by atoms with E-state index < -0.39 is 0 Å². The van der Waals surface area contributed by atoms with Crippen LogP contribution in [0, 0.1) is 0 Å². The minimum Gasteiger partial charge on any atom is -1.00 e. The van der Waals surface area contributed by atoms with Crippen molar-refractivity contribution in [2.45, 2.75) is 26.7 Å². The van der Waals surface area contributed by atoms with Crippen molar-refractivity contribution >= 4 is 5.97 Å². The van der Waals surface area contributed by atoms with E-state index in [1.807, 2.05) is 6.92 Å². The first-order chi connectivity index (χ1) is 3.81. The molecule has 0 radical (unpaired) electrons. The molecule has 0 aliphatic rings. The van der Waals surface area contributed by atoms with E-state index in [2.05, 4.69) is 0 Å². The molecule has 0 heterocycles. The fourth-order valence-corrected chi connectivity index (χ4v) is 0.318. The average molecular weight is 156 g/mol. The van der Waals surface area contributed by atoms with Crippen LogP contribution in [-0.2, 0) is 9.53 Å². The van der Waals surface area contributed by atoms with Gasteiger partial charge in [-0.1, -0.05) is 13.8 Å². The molecule has 0 aromatic carbocycles. The standard InChI is InChI=1S/C6H12O2.K.H/c1-3-5-8-6(7)4-2;;/h3-5H2,1-2H3;;/q;+1;-1. The van der Waals surface area contributed by atoms with Gasteiger partial charge in [0.1, 0.15) is 0 Å². The molecule has 0 atom stereocenters. The Bertz CT molecular complexity index is 78.1. The van der Waals surface area contributed by atoms with Gasteiger partial charge in [-0.05, 0) is 6.42 Å². The molecule has 0 amide bonds. The predicted octanol–water partition coefficient (Wildman–Crippen LogP) is -1.53. The maximum absolute atomic E-state index is 10.3. The Balaban J connectivity index is -0.000000245. The summed E-state index contributed by atoms with van der Waals surface area (Å²) in [5, 5.41) is 0. The van der Waals surface area contributed by atoms with Gasteiger partial charge in [0.25, 0.3) is 0 Å². The summed E-state index contributed by atoms with van der Waals surface area (Å²) in [5.74, 6) is -0.105. The molecule has 3 heteroatoms. The smallest absolute Gasteiger partial charge is 1.00 e. The van der Waals surface area contributed by atoms with Crippen LogP contribution in [0.4, 0.5) is 0 Å². The van der Waals surface area contributed by atoms with Gasteiger partial charge in [0.05, 0.1) is 6.61 Å². The molecule has 0 saturated carbocycles. The first-order valence-electron chi connectivity index (χ1n) is 2.96. The molecule has 0 bridgehead atoms. The molecule has 0 unspecified atom stereocenters. The number of carbonyl (C=O) groups is 1. The summed E-state index contributed by atoms with van der Waals surface area (Å²) in [6.45, 7) is 4.33. The Morgan fingerprint density at radius 3 is 2.44 bits per heavy atom. The topological polar surface area (TPSA) is 26.3 Å². The first kappa shape index (κ1) is 12.8. The van der Waals surface area contributed by atoms with E-state index in [0.717, 1.165) is 6.42 Å². The SMILES string of the molecule is CCCOC(=O)CC.[H-].[K+]. The number of carbonyl (C=O) groups excluding carboxylic acids is 1. The molecule has 0 aromatic rings. The molecule has 0 rings (SSSR count). The maximum Gasteiger partial charge on any atom is 1.00 e. The summed E-state index contributed by atoms with van der Waals surface area (Å²) >= 11 is 0. The molecule has 9 heavy (non-hydrogen) atoms. The van der Waals surface area contributed by atoms with Crippen LogP contribution in [0.25, 0.3) is 0 Å². The van der Waals surface area contributed by atoms with Gasteiger partial charge in [0.15, 0.2) is 0 Å². The number of hydrogen-bond acceptors (Lipinski definition) is 2. The van der Waals surface area contributed by atoms with E-state index in [9.17, 15) is 4.79 Å². The quantitative estimate of drug-likeness (QED) is 0.366. The summed E-state index contributed by atoms with van der Waals surface area (Å²) in [5.41, 5.74) is 0. The molecule has 0 saturated heterocycles. The van der Waals surface area contributed by atoms with Crippen LogP contribution in [0.15, 0.2) is 0 Å². The van der Waals surface area contributed by atoms with Gasteiger partial charge in [-0.3, -0.25) is 4.79 Å². The van der Waals surface area contributed by atoms with Crippen molar-refractivity contribution < 1.29 is 62.3 Å². The van der Waals surface area contributed by atoms with Crippen molar-refractivity contribution in [3.8, 4) is 0 Å². The minimum absolute atomic E-state index is 0. The Morgan fingerprint density at radius 2 is 2.11 bits per heavy atom. The fraction of sp³-hybridized carbons (Fsp3) is 0.833. The third-order valence-corrected chi connectivity index (χ3v) is 0.756. The van der Waals surface area contributed by atoms with Crippen molar-refractivity contribution in [3.05, 3.63) is 0 Å². The van der Waals surface area contributed by atoms with Crippen LogP contribution in [0.1, 0.15) is 28.1 Å². The van der Waals surface area contributed by atoms with E-state index in [1.165, 1.54) is 0 Å². The fourth-order valence-electron chi connectivity index (χ4n) is 0.318. The maximum atomic E-state index is 10.3. The van der Waals surface area contributed by atoms with Crippen molar-refractivity contribution in [3.63, 3.8) is 0 Å². The summed E-state index contributed by atoms with van der Waals surface area (Å²) in [6, 6.07) is 0. The number of hydrogen-bond donors (Lipinski definition) is 0. The third kappa shape index (κ3) is 9.11. The molecular weight excluding hydrogens is 143 g/mol. The Labute approximate surface area is 100 Å². The Kier molecular flexibility index (Phi) is 12.9. The molecule has 0 aromatic heterocycles. The zero-order chi connectivity index (χ0) is 6.41. The van der Waals surface area contributed by atoms with E-state index in [-0.39, 0.29) is 58.8 Å². The number of ether oxygens (including phenoxy) is 1. The van der Waals surface area contributed by atoms with Gasteiger partial charge in [-0.2, -0.15) is 0 Å². The number of esters is 1. The van der Waals surface area contributed by atoms with Crippen LogP contribution in [0.2, 0.25) is 0 Å². The minimum atomic E-state index is -0.105. The molecule has 0 N–H and O–H groups in total. The van der Waals surface area contributed by atoms with E-state index in [4.69, 9.17) is 4.74 Å². The second kappa shape index (κ2) is 9.11. The van der Waals surface area contributed by atoms with Gasteiger partial charge in [0, 0.05) is 6.42 Å². The second-order valence-electron chi connectivity index (χ2n) is 1.57. The van der Waals surface area contributed by atoms with Crippen molar-refractivity contribution in [1.29, 1.82) is 0 Å². The summed E-state index contributed by atoms with van der Waals surface area (Å²) in [7, 11) is 0. The molecule has 0 aliphatic carbocycles. The normalized spacial score (nSPS) is 7.78. The molecule has 0 fully saturated rings. The Hall–Kier alpha value is 1.11. The average Bonchev–Trinajstić information content (AvgIpc) is 1.83. The largest absolute Gasteiger partial charge is 1.00 e. The molecule has 50 valence electrons. The van der Waals surface area contributed by atoms with E-state index in [1.54, 1.807) is 6.92 Å². The van der Waals surface area contributed by atoms with Crippen molar-refractivity contribution in [2.24, 2.45) is 0 Å². The second-order valence-corrected chi connectivity index (χ2v) is 1.57.